The molecule has 0 saturated heterocycles. The third-order valence-electron chi connectivity index (χ3n) is 2.30. The second-order valence-electron chi connectivity index (χ2n) is 4.18. The van der Waals surface area contributed by atoms with Gasteiger partial charge >= 0.3 is 5.97 Å². The van der Waals surface area contributed by atoms with Crippen molar-refractivity contribution in [2.75, 3.05) is 20.7 Å². The Morgan fingerprint density at radius 2 is 1.95 bits per heavy atom. The molecular weight excluding hydrogens is 390 g/mol. The Bertz CT molecular complexity index is 553. The fraction of sp³-hybridized carbons (Fsp3) is 0.286. The quantitative estimate of drug-likeness (QED) is 0.248. The highest BCUT2D eigenvalue weighted by molar-refractivity contribution is 9.11. The average molecular weight is 405 g/mol. The predicted octanol–water partition coefficient (Wildman–Crippen LogP) is 3.40. The topological polar surface area (TPSA) is 46.6 Å². The molecule has 1 aromatic rings. The van der Waals surface area contributed by atoms with E-state index < -0.39 is 5.97 Å². The summed E-state index contributed by atoms with van der Waals surface area (Å²) in [4.78, 5) is 26.1. The lowest BCUT2D eigenvalue weighted by Gasteiger charge is -2.11. The van der Waals surface area contributed by atoms with E-state index in [9.17, 15) is 9.59 Å². The molecule has 0 unspecified atom stereocenters. The number of esters is 1. The van der Waals surface area contributed by atoms with Gasteiger partial charge in [-0.1, -0.05) is 31.9 Å². The second kappa shape index (κ2) is 7.59. The molecular formula is C14H15Br2NO3. The first-order valence-electron chi connectivity index (χ1n) is 5.92. The lowest BCUT2D eigenvalue weighted by Crippen LogP contribution is -2.19. The van der Waals surface area contributed by atoms with Gasteiger partial charge in [0.1, 0.15) is 5.57 Å². The van der Waals surface area contributed by atoms with Gasteiger partial charge in [0, 0.05) is 34.8 Å². The number of ketones is 1. The van der Waals surface area contributed by atoms with E-state index in [1.807, 2.05) is 0 Å². The molecule has 0 spiro atoms. The summed E-state index contributed by atoms with van der Waals surface area (Å²) < 4.78 is 6.32. The summed E-state index contributed by atoms with van der Waals surface area (Å²) in [5.74, 6) is -1.01. The normalized spacial score (nSPS) is 11.2. The second-order valence-corrected chi connectivity index (χ2v) is 5.95. The van der Waals surface area contributed by atoms with Crippen LogP contribution < -0.4 is 0 Å². The van der Waals surface area contributed by atoms with Crippen molar-refractivity contribution in [3.8, 4) is 0 Å². The van der Waals surface area contributed by atoms with Crippen molar-refractivity contribution in [1.82, 2.24) is 4.90 Å². The van der Waals surface area contributed by atoms with E-state index in [1.165, 1.54) is 6.20 Å². The number of benzene rings is 1. The van der Waals surface area contributed by atoms with Crippen LogP contribution >= 0.6 is 31.9 Å². The minimum Gasteiger partial charge on any atom is -0.462 e. The first-order chi connectivity index (χ1) is 9.36. The van der Waals surface area contributed by atoms with Crippen LogP contribution in [-0.2, 0) is 9.53 Å². The Morgan fingerprint density at radius 3 is 2.50 bits per heavy atom. The summed E-state index contributed by atoms with van der Waals surface area (Å²) in [7, 11) is 3.48. The van der Waals surface area contributed by atoms with Gasteiger partial charge in [0.2, 0.25) is 5.78 Å². The van der Waals surface area contributed by atoms with Crippen LogP contribution in [-0.4, -0.2) is 37.4 Å². The summed E-state index contributed by atoms with van der Waals surface area (Å²) in [5, 5.41) is 0. The molecule has 0 fully saturated rings. The fourth-order valence-corrected chi connectivity index (χ4v) is 2.28. The number of Topliss-reactive ketones (excluding diaryl/α,β-unsaturated/α-hetero) is 1. The van der Waals surface area contributed by atoms with E-state index in [-0.39, 0.29) is 18.0 Å². The molecule has 108 valence electrons. The van der Waals surface area contributed by atoms with Crippen molar-refractivity contribution in [2.24, 2.45) is 0 Å². The zero-order chi connectivity index (χ0) is 15.3. The Kier molecular flexibility index (Phi) is 6.42. The van der Waals surface area contributed by atoms with Gasteiger partial charge in [0.05, 0.1) is 6.61 Å². The predicted molar refractivity (Wildman–Crippen MR) is 84.6 cm³/mol. The maximum atomic E-state index is 12.5. The van der Waals surface area contributed by atoms with Gasteiger partial charge in [0.25, 0.3) is 0 Å². The number of ether oxygens (including phenoxy) is 1. The van der Waals surface area contributed by atoms with Gasteiger partial charge in [-0.2, -0.15) is 0 Å². The number of nitrogens with zero attached hydrogens (tertiary/aromatic N) is 1. The van der Waals surface area contributed by atoms with Crippen LogP contribution in [0.3, 0.4) is 0 Å². The van der Waals surface area contributed by atoms with Gasteiger partial charge in [-0.15, -0.1) is 0 Å². The van der Waals surface area contributed by atoms with Gasteiger partial charge in [0.15, 0.2) is 0 Å². The highest BCUT2D eigenvalue weighted by atomic mass is 79.9. The van der Waals surface area contributed by atoms with Crippen LogP contribution in [0.4, 0.5) is 0 Å². The van der Waals surface area contributed by atoms with E-state index in [4.69, 9.17) is 4.74 Å². The van der Waals surface area contributed by atoms with Crippen LogP contribution in [0.5, 0.6) is 0 Å². The molecule has 0 radical (unpaired) electrons. The van der Waals surface area contributed by atoms with Crippen molar-refractivity contribution in [3.63, 3.8) is 0 Å². The summed E-state index contributed by atoms with van der Waals surface area (Å²) >= 11 is 6.63. The molecule has 0 bridgehead atoms. The number of hydrogen-bond donors (Lipinski definition) is 0. The molecule has 6 heteroatoms. The Labute approximate surface area is 135 Å². The van der Waals surface area contributed by atoms with Crippen molar-refractivity contribution >= 4 is 43.6 Å². The van der Waals surface area contributed by atoms with Gasteiger partial charge in [-0.3, -0.25) is 4.79 Å². The lowest BCUT2D eigenvalue weighted by atomic mass is 10.0. The number of halogens is 2. The Morgan fingerprint density at radius 1 is 1.30 bits per heavy atom. The zero-order valence-electron chi connectivity index (χ0n) is 11.4. The molecule has 0 aliphatic heterocycles. The van der Waals surface area contributed by atoms with E-state index in [1.54, 1.807) is 44.1 Å². The first-order valence-corrected chi connectivity index (χ1v) is 7.50. The van der Waals surface area contributed by atoms with E-state index in [0.717, 1.165) is 4.47 Å². The number of carbonyl (C=O) groups excluding carboxylic acids is 2. The molecule has 20 heavy (non-hydrogen) atoms. The SMILES string of the molecule is CCOC(=O)C(=CN(C)C)C(=O)c1cc(Br)ccc1Br. The molecule has 1 aromatic carbocycles. The van der Waals surface area contributed by atoms with Crippen LogP contribution in [0, 0.1) is 0 Å². The fourth-order valence-electron chi connectivity index (χ4n) is 1.49. The number of carbonyl (C=O) groups is 2. The molecule has 0 aromatic heterocycles. The molecule has 0 N–H and O–H groups in total. The highest BCUT2D eigenvalue weighted by Crippen LogP contribution is 2.24. The van der Waals surface area contributed by atoms with Crippen LogP contribution in [0.25, 0.3) is 0 Å². The summed E-state index contributed by atoms with van der Waals surface area (Å²) in [6, 6.07) is 5.21. The molecule has 4 nitrogen and oxygen atoms in total. The van der Waals surface area contributed by atoms with E-state index >= 15 is 0 Å². The summed E-state index contributed by atoms with van der Waals surface area (Å²) in [6.07, 6.45) is 1.47. The molecule has 0 aliphatic carbocycles. The van der Waals surface area contributed by atoms with E-state index in [0.29, 0.717) is 10.0 Å². The van der Waals surface area contributed by atoms with E-state index in [2.05, 4.69) is 31.9 Å². The van der Waals surface area contributed by atoms with Crippen molar-refractivity contribution in [3.05, 3.63) is 44.5 Å². The third-order valence-corrected chi connectivity index (χ3v) is 3.49. The molecule has 0 heterocycles. The highest BCUT2D eigenvalue weighted by Gasteiger charge is 2.23. The van der Waals surface area contributed by atoms with Crippen molar-refractivity contribution in [2.45, 2.75) is 6.92 Å². The Balaban J connectivity index is 3.24. The summed E-state index contributed by atoms with van der Waals surface area (Å²) in [6.45, 7) is 1.92. The van der Waals surface area contributed by atoms with Gasteiger partial charge in [-0.25, -0.2) is 4.79 Å². The molecule has 0 saturated carbocycles. The van der Waals surface area contributed by atoms with Crippen LogP contribution in [0.15, 0.2) is 38.9 Å². The van der Waals surface area contributed by atoms with Crippen molar-refractivity contribution in [1.29, 1.82) is 0 Å². The first kappa shape index (κ1) is 16.9. The number of hydrogen-bond acceptors (Lipinski definition) is 4. The largest absolute Gasteiger partial charge is 0.462 e. The molecule has 0 atom stereocenters. The number of rotatable bonds is 5. The van der Waals surface area contributed by atoms with Crippen LogP contribution in [0.1, 0.15) is 17.3 Å². The molecule has 1 rings (SSSR count). The van der Waals surface area contributed by atoms with Crippen LogP contribution in [0.2, 0.25) is 0 Å². The standard InChI is InChI=1S/C14H15Br2NO3/c1-4-20-14(19)11(8-17(2)3)13(18)10-7-9(15)5-6-12(10)16/h5-8H,4H2,1-3H3. The lowest BCUT2D eigenvalue weighted by molar-refractivity contribution is -0.138. The minimum atomic E-state index is -0.627. The third kappa shape index (κ3) is 4.45. The average Bonchev–Trinajstić information content (AvgIpc) is 2.38. The maximum Gasteiger partial charge on any atom is 0.343 e. The monoisotopic (exact) mass is 403 g/mol. The van der Waals surface area contributed by atoms with Crippen molar-refractivity contribution < 1.29 is 14.3 Å². The van der Waals surface area contributed by atoms with Gasteiger partial charge < -0.3 is 9.64 Å². The van der Waals surface area contributed by atoms with Gasteiger partial charge in [-0.05, 0) is 25.1 Å². The molecule has 0 amide bonds. The maximum absolute atomic E-state index is 12.5. The molecule has 0 aliphatic rings. The minimum absolute atomic E-state index is 0.00403. The smallest absolute Gasteiger partial charge is 0.343 e. The summed E-state index contributed by atoms with van der Waals surface area (Å²) in [5.41, 5.74) is 0.399. The zero-order valence-corrected chi connectivity index (χ0v) is 14.6. The Hall–Kier alpha value is -1.14.